The summed E-state index contributed by atoms with van der Waals surface area (Å²) in [4.78, 5) is 0. The fraction of sp³-hybridized carbons (Fsp3) is 0.455. The number of hydrogen-bond acceptors (Lipinski definition) is 2. The smallest absolute Gasteiger partial charge is 0.0302 e. The molecule has 0 radical (unpaired) electrons. The fourth-order valence-electron chi connectivity index (χ4n) is 1.38. The minimum absolute atomic E-state index is 0.346. The lowest BCUT2D eigenvalue weighted by atomic mass is 10.1. The third-order valence-electron chi connectivity index (χ3n) is 2.26. The van der Waals surface area contributed by atoms with Gasteiger partial charge in [0.1, 0.15) is 0 Å². The van der Waals surface area contributed by atoms with Crippen molar-refractivity contribution >= 4 is 31.9 Å². The Bertz CT molecular complexity index is 315. The Hall–Kier alpha value is 0.1000. The maximum absolute atomic E-state index is 5.45. The first kappa shape index (κ1) is 13.2. The van der Waals surface area contributed by atoms with Gasteiger partial charge in [0.05, 0.1) is 0 Å². The molecule has 3 N–H and O–H groups in total. The summed E-state index contributed by atoms with van der Waals surface area (Å²) in [7, 11) is 0. The molecule has 1 aromatic rings. The van der Waals surface area contributed by atoms with Crippen molar-refractivity contribution in [2.24, 2.45) is 5.73 Å². The quantitative estimate of drug-likeness (QED) is 0.811. The lowest BCUT2D eigenvalue weighted by Gasteiger charge is -2.15. The van der Waals surface area contributed by atoms with E-state index < -0.39 is 0 Å². The molecule has 0 aliphatic heterocycles. The molecule has 84 valence electrons. The molecular weight excluding hydrogens is 320 g/mol. The second-order valence-electron chi connectivity index (χ2n) is 3.48. The van der Waals surface area contributed by atoms with E-state index in [0.29, 0.717) is 6.04 Å². The predicted octanol–water partition coefficient (Wildman–Crippen LogP) is 3.21. The Kier molecular flexibility index (Phi) is 5.82. The highest BCUT2D eigenvalue weighted by atomic mass is 79.9. The fourth-order valence-corrected chi connectivity index (χ4v) is 2.77. The molecule has 0 saturated heterocycles. The minimum Gasteiger partial charge on any atom is -0.330 e. The van der Waals surface area contributed by atoms with Crippen molar-refractivity contribution in [3.63, 3.8) is 0 Å². The molecule has 0 aromatic heterocycles. The summed E-state index contributed by atoms with van der Waals surface area (Å²) in [6.07, 6.45) is 1.01. The molecule has 0 spiro atoms. The Labute approximate surface area is 108 Å². The van der Waals surface area contributed by atoms with Crippen molar-refractivity contribution in [3.05, 3.63) is 32.7 Å². The normalized spacial score (nSPS) is 12.8. The molecule has 1 rings (SSSR count). The van der Waals surface area contributed by atoms with Crippen LogP contribution in [-0.4, -0.2) is 13.1 Å². The van der Waals surface area contributed by atoms with Gasteiger partial charge in [0.25, 0.3) is 0 Å². The molecule has 0 aliphatic carbocycles. The number of halogens is 2. The van der Waals surface area contributed by atoms with E-state index in [1.807, 2.05) is 0 Å². The van der Waals surface area contributed by atoms with Gasteiger partial charge in [0.15, 0.2) is 0 Å². The SMILES string of the molecule is CC(NCCCN)c1ccc(Br)cc1Br. The highest BCUT2D eigenvalue weighted by Crippen LogP contribution is 2.26. The highest BCUT2D eigenvalue weighted by Gasteiger charge is 2.08. The third kappa shape index (κ3) is 4.23. The summed E-state index contributed by atoms with van der Waals surface area (Å²) < 4.78 is 2.22. The zero-order valence-electron chi connectivity index (χ0n) is 8.76. The van der Waals surface area contributed by atoms with Crippen molar-refractivity contribution < 1.29 is 0 Å². The van der Waals surface area contributed by atoms with E-state index in [1.165, 1.54) is 5.56 Å². The van der Waals surface area contributed by atoms with Crippen molar-refractivity contribution in [3.8, 4) is 0 Å². The first-order valence-electron chi connectivity index (χ1n) is 5.03. The average molecular weight is 336 g/mol. The molecule has 1 atom stereocenters. The van der Waals surface area contributed by atoms with Crippen molar-refractivity contribution in [2.75, 3.05) is 13.1 Å². The van der Waals surface area contributed by atoms with Gasteiger partial charge in [-0.2, -0.15) is 0 Å². The zero-order valence-corrected chi connectivity index (χ0v) is 11.9. The molecule has 15 heavy (non-hydrogen) atoms. The predicted molar refractivity (Wildman–Crippen MR) is 71.9 cm³/mol. The van der Waals surface area contributed by atoms with Crippen LogP contribution < -0.4 is 11.1 Å². The van der Waals surface area contributed by atoms with E-state index in [2.05, 4.69) is 62.3 Å². The van der Waals surface area contributed by atoms with Gasteiger partial charge in [-0.15, -0.1) is 0 Å². The molecule has 4 heteroatoms. The van der Waals surface area contributed by atoms with E-state index in [1.54, 1.807) is 0 Å². The molecule has 1 unspecified atom stereocenters. The summed E-state index contributed by atoms with van der Waals surface area (Å²) in [5.41, 5.74) is 6.72. The lowest BCUT2D eigenvalue weighted by Crippen LogP contribution is -2.22. The topological polar surface area (TPSA) is 38.0 Å². The van der Waals surface area contributed by atoms with Gasteiger partial charge >= 0.3 is 0 Å². The maximum atomic E-state index is 5.45. The molecule has 0 saturated carbocycles. The van der Waals surface area contributed by atoms with Gasteiger partial charge in [-0.3, -0.25) is 0 Å². The minimum atomic E-state index is 0.346. The Balaban J connectivity index is 2.61. The summed E-state index contributed by atoms with van der Waals surface area (Å²) in [6, 6.07) is 6.59. The summed E-state index contributed by atoms with van der Waals surface area (Å²) in [5, 5.41) is 3.43. The van der Waals surface area contributed by atoms with Gasteiger partial charge in [0, 0.05) is 15.0 Å². The van der Waals surface area contributed by atoms with Crippen LogP contribution in [0.15, 0.2) is 27.1 Å². The average Bonchev–Trinajstić information content (AvgIpc) is 2.17. The van der Waals surface area contributed by atoms with Crippen molar-refractivity contribution in [2.45, 2.75) is 19.4 Å². The van der Waals surface area contributed by atoms with Crippen LogP contribution in [0.4, 0.5) is 0 Å². The van der Waals surface area contributed by atoms with E-state index >= 15 is 0 Å². The van der Waals surface area contributed by atoms with E-state index in [0.717, 1.165) is 28.5 Å². The van der Waals surface area contributed by atoms with E-state index in [-0.39, 0.29) is 0 Å². The number of nitrogens with two attached hydrogens (primary N) is 1. The Morgan fingerprint density at radius 2 is 2.13 bits per heavy atom. The second-order valence-corrected chi connectivity index (χ2v) is 5.25. The van der Waals surface area contributed by atoms with Gasteiger partial charge in [-0.25, -0.2) is 0 Å². The van der Waals surface area contributed by atoms with Crippen molar-refractivity contribution in [1.82, 2.24) is 5.32 Å². The Morgan fingerprint density at radius 3 is 2.73 bits per heavy atom. The second kappa shape index (κ2) is 6.63. The van der Waals surface area contributed by atoms with Gasteiger partial charge in [-0.1, -0.05) is 37.9 Å². The molecule has 0 aliphatic rings. The number of benzene rings is 1. The van der Waals surface area contributed by atoms with Crippen molar-refractivity contribution in [1.29, 1.82) is 0 Å². The summed E-state index contributed by atoms with van der Waals surface area (Å²) in [6.45, 7) is 3.85. The van der Waals surface area contributed by atoms with Gasteiger partial charge < -0.3 is 11.1 Å². The standard InChI is InChI=1S/C11H16Br2N2/c1-8(15-6-2-5-14)10-4-3-9(12)7-11(10)13/h3-4,7-8,15H,2,5-6,14H2,1H3. The van der Waals surface area contributed by atoms with Crippen LogP contribution in [0.2, 0.25) is 0 Å². The van der Waals surface area contributed by atoms with Crippen LogP contribution in [0.25, 0.3) is 0 Å². The van der Waals surface area contributed by atoms with Crippen LogP contribution >= 0.6 is 31.9 Å². The van der Waals surface area contributed by atoms with E-state index in [4.69, 9.17) is 5.73 Å². The third-order valence-corrected chi connectivity index (χ3v) is 3.44. The molecule has 0 bridgehead atoms. The van der Waals surface area contributed by atoms with Crippen LogP contribution in [0.5, 0.6) is 0 Å². The highest BCUT2D eigenvalue weighted by molar-refractivity contribution is 9.11. The maximum Gasteiger partial charge on any atom is 0.0302 e. The number of nitrogens with one attached hydrogen (secondary N) is 1. The number of hydrogen-bond donors (Lipinski definition) is 2. The monoisotopic (exact) mass is 334 g/mol. The lowest BCUT2D eigenvalue weighted by molar-refractivity contribution is 0.560. The molecule has 0 amide bonds. The van der Waals surface area contributed by atoms with Gasteiger partial charge in [-0.05, 0) is 44.1 Å². The summed E-state index contributed by atoms with van der Waals surface area (Å²) >= 11 is 7.00. The molecular formula is C11H16Br2N2. The molecule has 1 aromatic carbocycles. The largest absolute Gasteiger partial charge is 0.330 e. The molecule has 2 nitrogen and oxygen atoms in total. The first-order valence-corrected chi connectivity index (χ1v) is 6.62. The van der Waals surface area contributed by atoms with Crippen LogP contribution in [0, 0.1) is 0 Å². The zero-order chi connectivity index (χ0) is 11.3. The van der Waals surface area contributed by atoms with E-state index in [9.17, 15) is 0 Å². The number of rotatable bonds is 5. The summed E-state index contributed by atoms with van der Waals surface area (Å²) in [5.74, 6) is 0. The van der Waals surface area contributed by atoms with Crippen LogP contribution in [-0.2, 0) is 0 Å². The molecule has 0 fully saturated rings. The van der Waals surface area contributed by atoms with Gasteiger partial charge in [0.2, 0.25) is 0 Å². The Morgan fingerprint density at radius 1 is 1.40 bits per heavy atom. The van der Waals surface area contributed by atoms with Crippen LogP contribution in [0.1, 0.15) is 24.9 Å². The first-order chi connectivity index (χ1) is 7.15. The molecule has 0 heterocycles. The van der Waals surface area contributed by atoms with Crippen LogP contribution in [0.3, 0.4) is 0 Å².